The maximum Gasteiger partial charge on any atom is 0.343 e. The first-order valence-corrected chi connectivity index (χ1v) is 9.37. The quantitative estimate of drug-likeness (QED) is 0.269. The number of hydrogen-bond acceptors (Lipinski definition) is 6. The molecule has 0 unspecified atom stereocenters. The number of carbonyl (C=O) groups excluding carboxylic acids is 2. The Morgan fingerprint density at radius 1 is 0.900 bits per heavy atom. The highest BCUT2D eigenvalue weighted by atomic mass is 16.5. The van der Waals surface area contributed by atoms with Gasteiger partial charge in [-0.15, -0.1) is 0 Å². The van der Waals surface area contributed by atoms with E-state index in [1.54, 1.807) is 66.7 Å². The number of hydrogen-bond donors (Lipinski definition) is 2. The molecular weight excluding hydrogens is 380 g/mol. The zero-order chi connectivity index (χ0) is 21.3. The van der Waals surface area contributed by atoms with E-state index < -0.39 is 11.9 Å². The molecule has 0 saturated heterocycles. The molecule has 3 rings (SSSR count). The molecule has 3 aromatic rings. The van der Waals surface area contributed by atoms with Crippen molar-refractivity contribution >= 4 is 29.4 Å². The fourth-order valence-corrected chi connectivity index (χ4v) is 2.70. The monoisotopic (exact) mass is 402 g/mol. The van der Waals surface area contributed by atoms with E-state index in [4.69, 9.17) is 20.9 Å². The van der Waals surface area contributed by atoms with E-state index in [0.29, 0.717) is 29.1 Å². The van der Waals surface area contributed by atoms with Crippen molar-refractivity contribution in [3.63, 3.8) is 0 Å². The molecule has 6 heteroatoms. The molecule has 0 atom stereocenters. The van der Waals surface area contributed by atoms with Gasteiger partial charge in [0.15, 0.2) is 0 Å². The molecule has 30 heavy (non-hydrogen) atoms. The van der Waals surface area contributed by atoms with E-state index in [0.717, 1.165) is 11.1 Å². The fraction of sp³-hybridized carbons (Fsp3) is 0.0833. The molecule has 6 nitrogen and oxygen atoms in total. The Balaban J connectivity index is 1.47. The molecule has 3 aromatic carbocycles. The minimum atomic E-state index is -0.455. The van der Waals surface area contributed by atoms with Crippen LogP contribution >= 0.6 is 0 Å². The Bertz CT molecular complexity index is 1040. The van der Waals surface area contributed by atoms with Crippen molar-refractivity contribution in [1.29, 1.82) is 0 Å². The number of rotatable bonds is 7. The Hall–Kier alpha value is -4.06. The molecule has 0 amide bonds. The summed E-state index contributed by atoms with van der Waals surface area (Å²) in [7, 11) is 0. The maximum absolute atomic E-state index is 12.0. The van der Waals surface area contributed by atoms with Gasteiger partial charge in [-0.1, -0.05) is 36.4 Å². The summed E-state index contributed by atoms with van der Waals surface area (Å²) in [5, 5.41) is 0. The lowest BCUT2D eigenvalue weighted by Gasteiger charge is -2.06. The van der Waals surface area contributed by atoms with Crippen molar-refractivity contribution in [3.8, 4) is 5.75 Å². The second-order valence-electron chi connectivity index (χ2n) is 6.53. The highest BCUT2D eigenvalue weighted by Gasteiger charge is 2.07. The summed E-state index contributed by atoms with van der Waals surface area (Å²) in [5.74, 6) is -0.461. The number of nitrogens with two attached hydrogens (primary N) is 2. The van der Waals surface area contributed by atoms with Crippen LogP contribution in [0.2, 0.25) is 0 Å². The van der Waals surface area contributed by atoms with E-state index >= 15 is 0 Å². The first-order valence-electron chi connectivity index (χ1n) is 9.37. The van der Waals surface area contributed by atoms with E-state index in [-0.39, 0.29) is 6.61 Å². The SMILES string of the molecule is Nc1ccc(CCOC(=O)C=Cc2ccc(OC(=O)c3ccccc3)cc2)c(N)c1. The van der Waals surface area contributed by atoms with Gasteiger partial charge in [0.25, 0.3) is 0 Å². The van der Waals surface area contributed by atoms with Gasteiger partial charge in [0.2, 0.25) is 0 Å². The first kappa shape index (κ1) is 20.7. The molecule has 0 aliphatic rings. The van der Waals surface area contributed by atoms with Crippen LogP contribution in [-0.4, -0.2) is 18.5 Å². The van der Waals surface area contributed by atoms with Crippen LogP contribution in [0, 0.1) is 0 Å². The molecule has 0 radical (unpaired) electrons. The smallest absolute Gasteiger partial charge is 0.343 e. The van der Waals surface area contributed by atoms with Crippen LogP contribution in [0.1, 0.15) is 21.5 Å². The lowest BCUT2D eigenvalue weighted by molar-refractivity contribution is -0.137. The summed E-state index contributed by atoms with van der Waals surface area (Å²) in [6.07, 6.45) is 3.48. The van der Waals surface area contributed by atoms with Crippen LogP contribution in [0.3, 0.4) is 0 Å². The minimum Gasteiger partial charge on any atom is -0.462 e. The normalized spacial score (nSPS) is 10.7. The molecule has 0 heterocycles. The molecule has 0 aliphatic heterocycles. The largest absolute Gasteiger partial charge is 0.462 e. The summed E-state index contributed by atoms with van der Waals surface area (Å²) < 4.78 is 10.5. The van der Waals surface area contributed by atoms with Gasteiger partial charge in [-0.2, -0.15) is 0 Å². The third-order valence-electron chi connectivity index (χ3n) is 4.30. The van der Waals surface area contributed by atoms with Crippen molar-refractivity contribution in [2.45, 2.75) is 6.42 Å². The number of esters is 2. The molecular formula is C24H22N2O4. The number of nitrogen functional groups attached to an aromatic ring is 2. The van der Waals surface area contributed by atoms with Crippen LogP contribution in [0.15, 0.2) is 78.9 Å². The summed E-state index contributed by atoms with van der Waals surface area (Å²) in [5.41, 5.74) is 14.8. The van der Waals surface area contributed by atoms with Crippen molar-refractivity contribution in [1.82, 2.24) is 0 Å². The Kier molecular flexibility index (Phi) is 6.84. The van der Waals surface area contributed by atoms with Crippen LogP contribution in [0.4, 0.5) is 11.4 Å². The third-order valence-corrected chi connectivity index (χ3v) is 4.30. The predicted molar refractivity (Wildman–Crippen MR) is 117 cm³/mol. The minimum absolute atomic E-state index is 0.214. The average molecular weight is 402 g/mol. The highest BCUT2D eigenvalue weighted by molar-refractivity contribution is 5.91. The van der Waals surface area contributed by atoms with Gasteiger partial charge < -0.3 is 20.9 Å². The number of ether oxygens (including phenoxy) is 2. The second kappa shape index (κ2) is 9.93. The Labute approximate surface area is 174 Å². The zero-order valence-electron chi connectivity index (χ0n) is 16.3. The summed E-state index contributed by atoms with van der Waals surface area (Å²) in [6, 6.07) is 20.8. The van der Waals surface area contributed by atoms with E-state index in [1.165, 1.54) is 6.08 Å². The molecule has 152 valence electrons. The van der Waals surface area contributed by atoms with Crippen LogP contribution in [0.25, 0.3) is 6.08 Å². The van der Waals surface area contributed by atoms with Gasteiger partial charge in [-0.25, -0.2) is 9.59 Å². The molecule has 0 aromatic heterocycles. The molecule has 4 N–H and O–H groups in total. The summed E-state index contributed by atoms with van der Waals surface area (Å²) in [6.45, 7) is 0.214. The van der Waals surface area contributed by atoms with Crippen LogP contribution in [0.5, 0.6) is 5.75 Å². The molecule has 0 aliphatic carbocycles. The Morgan fingerprint density at radius 3 is 2.33 bits per heavy atom. The maximum atomic E-state index is 12.0. The number of anilines is 2. The summed E-state index contributed by atoms with van der Waals surface area (Å²) in [4.78, 5) is 23.9. The second-order valence-corrected chi connectivity index (χ2v) is 6.53. The van der Waals surface area contributed by atoms with Crippen LogP contribution in [-0.2, 0) is 16.0 Å². The fourth-order valence-electron chi connectivity index (χ4n) is 2.70. The van der Waals surface area contributed by atoms with Crippen molar-refractivity contribution in [2.75, 3.05) is 18.1 Å². The van der Waals surface area contributed by atoms with Gasteiger partial charge in [0, 0.05) is 23.9 Å². The van der Waals surface area contributed by atoms with Gasteiger partial charge in [-0.3, -0.25) is 0 Å². The van der Waals surface area contributed by atoms with E-state index in [9.17, 15) is 9.59 Å². The van der Waals surface area contributed by atoms with Gasteiger partial charge >= 0.3 is 11.9 Å². The topological polar surface area (TPSA) is 105 Å². The van der Waals surface area contributed by atoms with Gasteiger partial charge in [0.05, 0.1) is 12.2 Å². The van der Waals surface area contributed by atoms with Gasteiger partial charge in [0.1, 0.15) is 5.75 Å². The standard InChI is InChI=1S/C24H22N2O4/c25-20-10-9-18(22(26)16-20)14-15-29-23(27)13-8-17-6-11-21(12-7-17)30-24(28)19-4-2-1-3-5-19/h1-13,16H,14-15,25-26H2. The molecule has 0 spiro atoms. The molecule has 0 bridgehead atoms. The average Bonchev–Trinajstić information content (AvgIpc) is 2.75. The third kappa shape index (κ3) is 5.97. The lowest BCUT2D eigenvalue weighted by atomic mass is 10.1. The Morgan fingerprint density at radius 2 is 1.63 bits per heavy atom. The van der Waals surface area contributed by atoms with E-state index in [1.807, 2.05) is 12.1 Å². The van der Waals surface area contributed by atoms with Crippen molar-refractivity contribution in [3.05, 3.63) is 95.6 Å². The van der Waals surface area contributed by atoms with Crippen molar-refractivity contribution < 1.29 is 19.1 Å². The molecule has 0 saturated carbocycles. The summed E-state index contributed by atoms with van der Waals surface area (Å²) >= 11 is 0. The molecule has 0 fully saturated rings. The zero-order valence-corrected chi connectivity index (χ0v) is 16.3. The van der Waals surface area contributed by atoms with E-state index in [2.05, 4.69) is 0 Å². The van der Waals surface area contributed by atoms with Crippen LogP contribution < -0.4 is 16.2 Å². The lowest BCUT2D eigenvalue weighted by Crippen LogP contribution is -2.08. The number of carbonyl (C=O) groups is 2. The van der Waals surface area contributed by atoms with Gasteiger partial charge in [-0.05, 0) is 53.6 Å². The number of benzene rings is 3. The van der Waals surface area contributed by atoms with Crippen molar-refractivity contribution in [2.24, 2.45) is 0 Å². The first-order chi connectivity index (χ1) is 14.5. The predicted octanol–water partition coefficient (Wildman–Crippen LogP) is 3.87. The highest BCUT2D eigenvalue weighted by Crippen LogP contribution is 2.17.